The molecule has 0 aliphatic heterocycles. The van der Waals surface area contributed by atoms with E-state index in [2.05, 4.69) is 10.3 Å². The van der Waals surface area contributed by atoms with Crippen molar-refractivity contribution in [2.75, 3.05) is 11.9 Å². The first-order valence-electron chi connectivity index (χ1n) is 11.0. The van der Waals surface area contributed by atoms with Crippen molar-refractivity contribution >= 4 is 11.8 Å². The highest BCUT2D eigenvalue weighted by Crippen LogP contribution is 2.23. The van der Waals surface area contributed by atoms with Crippen LogP contribution in [-0.2, 0) is 22.5 Å². The van der Waals surface area contributed by atoms with E-state index in [4.69, 9.17) is 4.74 Å². The van der Waals surface area contributed by atoms with Crippen LogP contribution < -0.4 is 10.9 Å². The van der Waals surface area contributed by atoms with Crippen molar-refractivity contribution in [3.8, 4) is 11.3 Å². The molecular weight excluding hydrogens is 418 g/mol. The number of hydrogen-bond donors (Lipinski definition) is 2. The first kappa shape index (κ1) is 24.2. The molecule has 0 saturated carbocycles. The number of hydrogen-bond acceptors (Lipinski definition) is 6. The fraction of sp³-hybridized carbons (Fsp3) is 0.346. The highest BCUT2D eigenvalue weighted by molar-refractivity contribution is 5.71. The number of nitrogens with zero attached hydrogens (tertiary/aromatic N) is 2. The van der Waals surface area contributed by atoms with Crippen LogP contribution in [0.5, 0.6) is 0 Å². The first-order valence-corrected chi connectivity index (χ1v) is 11.0. The number of carbonyl (C=O) groups is 1. The summed E-state index contributed by atoms with van der Waals surface area (Å²) >= 11 is 0. The Bertz CT molecular complexity index is 1150. The van der Waals surface area contributed by atoms with Crippen LogP contribution in [0.4, 0.5) is 5.82 Å². The van der Waals surface area contributed by atoms with Gasteiger partial charge in [0.05, 0.1) is 18.0 Å². The van der Waals surface area contributed by atoms with Gasteiger partial charge in [-0.3, -0.25) is 14.2 Å². The lowest BCUT2D eigenvalue weighted by Gasteiger charge is -2.21. The number of carbonyl (C=O) groups excluding carboxylic acids is 1. The number of benzene rings is 2. The minimum absolute atomic E-state index is 0.171. The molecule has 33 heavy (non-hydrogen) atoms. The smallest absolute Gasteiger partial charge is 0.326 e. The van der Waals surface area contributed by atoms with Crippen LogP contribution in [0, 0.1) is 0 Å². The zero-order chi connectivity index (χ0) is 24.0. The van der Waals surface area contributed by atoms with E-state index in [0.29, 0.717) is 23.4 Å². The molecule has 3 rings (SSSR count). The van der Waals surface area contributed by atoms with Gasteiger partial charge >= 0.3 is 5.97 Å². The van der Waals surface area contributed by atoms with Gasteiger partial charge in [-0.15, -0.1) is 0 Å². The third-order valence-corrected chi connectivity index (χ3v) is 4.98. The normalized spacial score (nSPS) is 12.3. The monoisotopic (exact) mass is 449 g/mol. The van der Waals surface area contributed by atoms with Gasteiger partial charge in [0.15, 0.2) is 5.82 Å². The van der Waals surface area contributed by atoms with E-state index in [1.54, 1.807) is 52.1 Å². The number of aliphatic hydroxyl groups excluding tert-OH is 1. The molecular formula is C26H31N3O4. The lowest BCUT2D eigenvalue weighted by Crippen LogP contribution is -2.33. The highest BCUT2D eigenvalue weighted by Gasteiger charge is 2.20. The van der Waals surface area contributed by atoms with Crippen LogP contribution >= 0.6 is 0 Å². The lowest BCUT2D eigenvalue weighted by molar-refractivity contribution is -0.155. The molecule has 3 aromatic rings. The number of esters is 1. The largest absolute Gasteiger partial charge is 0.459 e. The van der Waals surface area contributed by atoms with Gasteiger partial charge in [-0.05, 0) is 51.3 Å². The van der Waals surface area contributed by atoms with E-state index in [9.17, 15) is 14.7 Å². The number of aliphatic hydroxyl groups is 1. The van der Waals surface area contributed by atoms with Crippen LogP contribution in [0.1, 0.15) is 44.9 Å². The van der Waals surface area contributed by atoms with Crippen molar-refractivity contribution < 1.29 is 14.6 Å². The predicted molar refractivity (Wildman–Crippen MR) is 129 cm³/mol. The van der Waals surface area contributed by atoms with Crippen molar-refractivity contribution in [1.29, 1.82) is 0 Å². The molecule has 1 atom stereocenters. The summed E-state index contributed by atoms with van der Waals surface area (Å²) in [5, 5.41) is 13.1. The fourth-order valence-corrected chi connectivity index (χ4v) is 3.43. The van der Waals surface area contributed by atoms with Gasteiger partial charge in [-0.25, -0.2) is 4.98 Å². The Hall–Kier alpha value is -3.45. The summed E-state index contributed by atoms with van der Waals surface area (Å²) in [4.78, 5) is 30.2. The van der Waals surface area contributed by atoms with Crippen molar-refractivity contribution in [3.05, 3.63) is 82.3 Å². The number of nitrogens with one attached hydrogen (secondary N) is 1. The molecule has 1 heterocycles. The molecule has 0 spiro atoms. The van der Waals surface area contributed by atoms with Gasteiger partial charge in [0.25, 0.3) is 5.56 Å². The van der Waals surface area contributed by atoms with E-state index >= 15 is 0 Å². The number of aromatic nitrogens is 2. The Balaban J connectivity index is 1.93. The summed E-state index contributed by atoms with van der Waals surface area (Å²) in [5.41, 5.74) is 1.92. The summed E-state index contributed by atoms with van der Waals surface area (Å²) in [6.45, 7) is 7.29. The van der Waals surface area contributed by atoms with Crippen molar-refractivity contribution in [3.63, 3.8) is 0 Å². The third kappa shape index (κ3) is 6.76. The quantitative estimate of drug-likeness (QED) is 0.506. The molecule has 0 radical (unpaired) electrons. The van der Waals surface area contributed by atoms with Gasteiger partial charge < -0.3 is 15.2 Å². The maximum Gasteiger partial charge on any atom is 0.326 e. The van der Waals surface area contributed by atoms with Gasteiger partial charge in [-0.2, -0.15) is 0 Å². The topological polar surface area (TPSA) is 93.5 Å². The van der Waals surface area contributed by atoms with Gasteiger partial charge in [0.2, 0.25) is 0 Å². The Kier molecular flexibility index (Phi) is 7.66. The Morgan fingerprint density at radius 1 is 1.15 bits per heavy atom. The number of anilines is 1. The fourth-order valence-electron chi connectivity index (χ4n) is 3.43. The molecule has 174 valence electrons. The molecule has 0 amide bonds. The summed E-state index contributed by atoms with van der Waals surface area (Å²) in [6, 6.07) is 17.1. The predicted octanol–water partition coefficient (Wildman–Crippen LogP) is 3.96. The molecule has 0 bridgehead atoms. The molecule has 2 aromatic carbocycles. The molecule has 1 aromatic heterocycles. The Labute approximate surface area is 194 Å². The maximum absolute atomic E-state index is 13.3. The van der Waals surface area contributed by atoms with E-state index in [1.807, 2.05) is 36.4 Å². The second kappa shape index (κ2) is 10.4. The van der Waals surface area contributed by atoms with Gasteiger partial charge in [-0.1, -0.05) is 48.5 Å². The zero-order valence-electron chi connectivity index (χ0n) is 19.5. The average Bonchev–Trinajstić information content (AvgIpc) is 2.76. The summed E-state index contributed by atoms with van der Waals surface area (Å²) in [6.07, 6.45) is 1.63. The van der Waals surface area contributed by atoms with E-state index in [1.165, 1.54) is 4.57 Å². The molecule has 7 nitrogen and oxygen atoms in total. The Morgan fingerprint density at radius 3 is 2.55 bits per heavy atom. The van der Waals surface area contributed by atoms with Crippen LogP contribution in [0.25, 0.3) is 11.3 Å². The number of ether oxygens (including phenoxy) is 1. The molecule has 0 aliphatic rings. The minimum atomic E-state index is -0.670. The average molecular weight is 450 g/mol. The minimum Gasteiger partial charge on any atom is -0.459 e. The molecule has 7 heteroatoms. The first-order chi connectivity index (χ1) is 15.6. The third-order valence-electron chi connectivity index (χ3n) is 4.98. The molecule has 1 unspecified atom stereocenters. The van der Waals surface area contributed by atoms with Crippen LogP contribution in [0.2, 0.25) is 0 Å². The SMILES string of the molecule is CC(O)c1cccc(-c2cnc(NCCc3ccccc3)c(=O)n2CC(=O)OC(C)(C)C)c1. The zero-order valence-corrected chi connectivity index (χ0v) is 19.5. The van der Waals surface area contributed by atoms with Crippen molar-refractivity contribution in [1.82, 2.24) is 9.55 Å². The second-order valence-electron chi connectivity index (χ2n) is 8.93. The maximum atomic E-state index is 13.3. The highest BCUT2D eigenvalue weighted by atomic mass is 16.6. The standard InChI is InChI=1S/C26H31N3O4/c1-18(30)20-11-8-12-21(15-20)22-16-28-24(27-14-13-19-9-6-5-7-10-19)25(32)29(22)17-23(31)33-26(2,3)4/h5-12,15-16,18,30H,13-14,17H2,1-4H3,(H,27,28). The number of rotatable bonds is 8. The summed E-state index contributed by atoms with van der Waals surface area (Å²) < 4.78 is 6.82. The van der Waals surface area contributed by atoms with Crippen LogP contribution in [0.3, 0.4) is 0 Å². The molecule has 0 aliphatic carbocycles. The molecule has 2 N–H and O–H groups in total. The van der Waals surface area contributed by atoms with E-state index in [-0.39, 0.29) is 12.4 Å². The lowest BCUT2D eigenvalue weighted by atomic mass is 10.0. The summed E-state index contributed by atoms with van der Waals surface area (Å²) in [5.74, 6) is -0.344. The Morgan fingerprint density at radius 2 is 1.88 bits per heavy atom. The van der Waals surface area contributed by atoms with Gasteiger partial charge in [0, 0.05) is 12.1 Å². The van der Waals surface area contributed by atoms with E-state index < -0.39 is 23.2 Å². The second-order valence-corrected chi connectivity index (χ2v) is 8.93. The van der Waals surface area contributed by atoms with Crippen LogP contribution in [-0.4, -0.2) is 32.8 Å². The summed E-state index contributed by atoms with van der Waals surface area (Å²) in [7, 11) is 0. The van der Waals surface area contributed by atoms with Crippen molar-refractivity contribution in [2.24, 2.45) is 0 Å². The van der Waals surface area contributed by atoms with Crippen LogP contribution in [0.15, 0.2) is 65.6 Å². The van der Waals surface area contributed by atoms with E-state index in [0.717, 1.165) is 12.0 Å². The molecule has 0 saturated heterocycles. The van der Waals surface area contributed by atoms with Gasteiger partial charge in [0.1, 0.15) is 12.1 Å². The molecule has 0 fully saturated rings. The van der Waals surface area contributed by atoms with Crippen molar-refractivity contribution in [2.45, 2.75) is 52.4 Å².